The summed E-state index contributed by atoms with van der Waals surface area (Å²) in [6, 6.07) is 0. The summed E-state index contributed by atoms with van der Waals surface area (Å²) in [5, 5.41) is 2.72. The van der Waals surface area contributed by atoms with E-state index in [0.717, 1.165) is 17.8 Å². The highest BCUT2D eigenvalue weighted by Gasteiger charge is 2.49. The summed E-state index contributed by atoms with van der Waals surface area (Å²) in [6.07, 6.45) is 3.97. The first-order valence-corrected chi connectivity index (χ1v) is 9.43. The largest absolute Gasteiger partial charge is 0.375 e. The number of hydrogen-bond acceptors (Lipinski definition) is 5. The van der Waals surface area contributed by atoms with E-state index < -0.39 is 5.54 Å². The van der Waals surface area contributed by atoms with E-state index in [4.69, 9.17) is 4.74 Å². The molecule has 4 heterocycles. The highest BCUT2D eigenvalue weighted by Crippen LogP contribution is 2.42. The van der Waals surface area contributed by atoms with Gasteiger partial charge in [0.2, 0.25) is 17.7 Å². The minimum absolute atomic E-state index is 0.0241. The van der Waals surface area contributed by atoms with Crippen molar-refractivity contribution in [3.8, 4) is 0 Å². The Kier molecular flexibility index (Phi) is 4.63. The van der Waals surface area contributed by atoms with Crippen LogP contribution in [0.15, 0.2) is 6.33 Å². The summed E-state index contributed by atoms with van der Waals surface area (Å²) >= 11 is 0. The standard InChI is InChI=1S/C18H25N5O4/c1-27-10-15(25)23-5-2-13-16(21-11-20-13)18(23)3-6-22(7-4-18)17(26)12-8-14(24)19-9-12/h11-12H,2-10H2,1H3,(H,19,24)(H,20,21)/t12-/m1/s1. The molecule has 0 aromatic carbocycles. The molecule has 1 atom stereocenters. The van der Waals surface area contributed by atoms with Crippen molar-refractivity contribution in [1.82, 2.24) is 25.1 Å². The number of methoxy groups -OCH3 is 1. The Labute approximate surface area is 157 Å². The zero-order valence-corrected chi connectivity index (χ0v) is 15.5. The molecular formula is C18H25N5O4. The number of aromatic nitrogens is 2. The Morgan fingerprint density at radius 3 is 2.78 bits per heavy atom. The zero-order chi connectivity index (χ0) is 19.0. The molecule has 0 unspecified atom stereocenters. The fourth-order valence-corrected chi connectivity index (χ4v) is 4.68. The number of aromatic amines is 1. The van der Waals surface area contributed by atoms with E-state index in [0.29, 0.717) is 39.0 Å². The maximum Gasteiger partial charge on any atom is 0.249 e. The monoisotopic (exact) mass is 375 g/mol. The number of H-pyrrole nitrogens is 1. The molecule has 2 saturated heterocycles. The van der Waals surface area contributed by atoms with Gasteiger partial charge in [-0.1, -0.05) is 0 Å². The van der Waals surface area contributed by atoms with Gasteiger partial charge in [0.1, 0.15) is 6.61 Å². The summed E-state index contributed by atoms with van der Waals surface area (Å²) in [5.74, 6) is -0.357. The molecule has 27 heavy (non-hydrogen) atoms. The van der Waals surface area contributed by atoms with Gasteiger partial charge in [0.25, 0.3) is 0 Å². The van der Waals surface area contributed by atoms with Gasteiger partial charge in [0, 0.05) is 51.8 Å². The SMILES string of the molecule is COCC(=O)N1CCc2[nH]cnc2C12CCN(C(=O)[C@H]1CNC(=O)C1)CC2. The molecule has 3 aliphatic rings. The molecule has 0 saturated carbocycles. The van der Waals surface area contributed by atoms with Crippen LogP contribution in [0.1, 0.15) is 30.7 Å². The molecule has 2 N–H and O–H groups in total. The minimum atomic E-state index is -0.496. The van der Waals surface area contributed by atoms with Gasteiger partial charge in [0.15, 0.2) is 0 Å². The molecule has 2 fully saturated rings. The van der Waals surface area contributed by atoms with Gasteiger partial charge >= 0.3 is 0 Å². The molecule has 1 aromatic heterocycles. The number of ether oxygens (including phenoxy) is 1. The average Bonchev–Trinajstić information content (AvgIpc) is 3.32. The fourth-order valence-electron chi connectivity index (χ4n) is 4.68. The highest BCUT2D eigenvalue weighted by atomic mass is 16.5. The van der Waals surface area contributed by atoms with Gasteiger partial charge in [-0.3, -0.25) is 14.4 Å². The van der Waals surface area contributed by atoms with Crippen molar-refractivity contribution in [2.45, 2.75) is 31.2 Å². The molecular weight excluding hydrogens is 350 g/mol. The molecule has 0 aliphatic carbocycles. The lowest BCUT2D eigenvalue weighted by molar-refractivity contribution is -0.148. The summed E-state index contributed by atoms with van der Waals surface area (Å²) in [6.45, 7) is 2.17. The van der Waals surface area contributed by atoms with Crippen molar-refractivity contribution in [2.75, 3.05) is 39.9 Å². The molecule has 9 nitrogen and oxygen atoms in total. The average molecular weight is 375 g/mol. The maximum absolute atomic E-state index is 12.7. The first-order valence-electron chi connectivity index (χ1n) is 9.43. The number of carbonyl (C=O) groups is 3. The number of hydrogen-bond donors (Lipinski definition) is 2. The Bertz CT molecular complexity index is 753. The Morgan fingerprint density at radius 2 is 2.11 bits per heavy atom. The van der Waals surface area contributed by atoms with Gasteiger partial charge < -0.3 is 24.8 Å². The number of amides is 3. The van der Waals surface area contributed by atoms with Gasteiger partial charge in [-0.05, 0) is 12.8 Å². The Morgan fingerprint density at radius 1 is 1.33 bits per heavy atom. The van der Waals surface area contributed by atoms with Crippen LogP contribution in [0, 0.1) is 5.92 Å². The normalized spacial score (nSPS) is 24.0. The van der Waals surface area contributed by atoms with Crippen LogP contribution in [-0.2, 0) is 31.1 Å². The predicted molar refractivity (Wildman–Crippen MR) is 94.5 cm³/mol. The van der Waals surface area contributed by atoms with Gasteiger partial charge in [-0.2, -0.15) is 0 Å². The first-order chi connectivity index (χ1) is 13.0. The Balaban J connectivity index is 1.54. The van der Waals surface area contributed by atoms with Crippen molar-refractivity contribution in [1.29, 1.82) is 0 Å². The number of carbonyl (C=O) groups excluding carboxylic acids is 3. The summed E-state index contributed by atoms with van der Waals surface area (Å²) < 4.78 is 5.07. The Hall–Kier alpha value is -2.42. The number of piperidine rings is 1. The summed E-state index contributed by atoms with van der Waals surface area (Å²) in [4.78, 5) is 48.3. The van der Waals surface area contributed by atoms with Crippen molar-refractivity contribution in [3.63, 3.8) is 0 Å². The zero-order valence-electron chi connectivity index (χ0n) is 15.5. The number of nitrogens with zero attached hydrogens (tertiary/aromatic N) is 3. The topological polar surface area (TPSA) is 108 Å². The highest BCUT2D eigenvalue weighted by molar-refractivity contribution is 5.89. The maximum atomic E-state index is 12.7. The number of likely N-dealkylation sites (tertiary alicyclic amines) is 1. The third-order valence-corrected chi connectivity index (χ3v) is 6.06. The van der Waals surface area contributed by atoms with E-state index in [9.17, 15) is 14.4 Å². The number of fused-ring (bicyclic) bond motifs is 2. The first kappa shape index (κ1) is 18.0. The second-order valence-electron chi connectivity index (χ2n) is 7.52. The summed E-state index contributed by atoms with van der Waals surface area (Å²) in [7, 11) is 1.52. The van der Waals surface area contributed by atoms with Crippen molar-refractivity contribution in [3.05, 3.63) is 17.7 Å². The lowest BCUT2D eigenvalue weighted by atomic mass is 9.78. The summed E-state index contributed by atoms with van der Waals surface area (Å²) in [5.41, 5.74) is 1.49. The van der Waals surface area contributed by atoms with E-state index in [1.807, 2.05) is 9.80 Å². The van der Waals surface area contributed by atoms with Crippen LogP contribution in [0.2, 0.25) is 0 Å². The van der Waals surface area contributed by atoms with Crippen LogP contribution in [-0.4, -0.2) is 77.4 Å². The van der Waals surface area contributed by atoms with Gasteiger partial charge in [-0.15, -0.1) is 0 Å². The predicted octanol–water partition coefficient (Wildman–Crippen LogP) is -0.605. The smallest absolute Gasteiger partial charge is 0.249 e. The van der Waals surface area contributed by atoms with Crippen LogP contribution in [0.3, 0.4) is 0 Å². The lowest BCUT2D eigenvalue weighted by Crippen LogP contribution is -2.60. The van der Waals surface area contributed by atoms with Crippen molar-refractivity contribution >= 4 is 17.7 Å². The molecule has 4 rings (SSSR count). The number of rotatable bonds is 3. The molecule has 1 spiro atoms. The van der Waals surface area contributed by atoms with Crippen LogP contribution in [0.5, 0.6) is 0 Å². The molecule has 1 aromatic rings. The molecule has 9 heteroatoms. The van der Waals surface area contributed by atoms with Gasteiger partial charge in [-0.25, -0.2) is 4.98 Å². The van der Waals surface area contributed by atoms with E-state index >= 15 is 0 Å². The van der Waals surface area contributed by atoms with E-state index in [1.54, 1.807) is 6.33 Å². The fraction of sp³-hybridized carbons (Fsp3) is 0.667. The van der Waals surface area contributed by atoms with Gasteiger partial charge in [0.05, 0.1) is 23.5 Å². The van der Waals surface area contributed by atoms with Crippen LogP contribution in [0.4, 0.5) is 0 Å². The van der Waals surface area contributed by atoms with E-state index in [1.165, 1.54) is 7.11 Å². The molecule has 0 radical (unpaired) electrons. The molecule has 146 valence electrons. The third-order valence-electron chi connectivity index (χ3n) is 6.06. The number of nitrogens with one attached hydrogen (secondary N) is 2. The van der Waals surface area contributed by atoms with Crippen LogP contribution < -0.4 is 5.32 Å². The van der Waals surface area contributed by atoms with E-state index in [2.05, 4.69) is 15.3 Å². The third kappa shape index (κ3) is 2.99. The van der Waals surface area contributed by atoms with Crippen molar-refractivity contribution < 1.29 is 19.1 Å². The van der Waals surface area contributed by atoms with Crippen molar-refractivity contribution in [2.24, 2.45) is 5.92 Å². The quantitative estimate of drug-likeness (QED) is 0.733. The molecule has 3 amide bonds. The second kappa shape index (κ2) is 6.95. The molecule has 0 bridgehead atoms. The van der Waals surface area contributed by atoms with Crippen LogP contribution in [0.25, 0.3) is 0 Å². The van der Waals surface area contributed by atoms with E-state index in [-0.39, 0.29) is 36.7 Å². The second-order valence-corrected chi connectivity index (χ2v) is 7.52. The lowest BCUT2D eigenvalue weighted by Gasteiger charge is -2.50. The molecule has 3 aliphatic heterocycles. The van der Waals surface area contributed by atoms with Crippen LogP contribution >= 0.6 is 0 Å². The number of imidazole rings is 1. The minimum Gasteiger partial charge on any atom is -0.375 e.